The zero-order valence-corrected chi connectivity index (χ0v) is 8.86. The fourth-order valence-electron chi connectivity index (χ4n) is 1.68. The molecule has 1 unspecified atom stereocenters. The minimum absolute atomic E-state index is 0.103. The van der Waals surface area contributed by atoms with Crippen molar-refractivity contribution in [1.29, 1.82) is 0 Å². The van der Waals surface area contributed by atoms with Crippen molar-refractivity contribution in [1.82, 2.24) is 10.6 Å². The Hall–Kier alpha value is -0.120. The number of ether oxygens (including phenoxy) is 1. The molecule has 1 aliphatic rings. The van der Waals surface area contributed by atoms with E-state index in [1.807, 2.05) is 0 Å². The summed E-state index contributed by atoms with van der Waals surface area (Å²) in [5, 5.41) is 6.70. The highest BCUT2D eigenvalue weighted by Gasteiger charge is 2.28. The molecular formula is C10H22N2O. The van der Waals surface area contributed by atoms with Crippen LogP contribution in [-0.2, 0) is 4.74 Å². The smallest absolute Gasteiger partial charge is 0.0779 e. The molecule has 1 aliphatic heterocycles. The average molecular weight is 186 g/mol. The third-order valence-corrected chi connectivity index (χ3v) is 2.53. The van der Waals surface area contributed by atoms with Crippen LogP contribution < -0.4 is 10.6 Å². The van der Waals surface area contributed by atoms with Gasteiger partial charge in [-0.05, 0) is 26.3 Å². The normalized spacial score (nSPS) is 28.2. The maximum Gasteiger partial charge on any atom is 0.0779 e. The summed E-state index contributed by atoms with van der Waals surface area (Å²) >= 11 is 0. The van der Waals surface area contributed by atoms with Crippen LogP contribution in [0.15, 0.2) is 0 Å². The van der Waals surface area contributed by atoms with E-state index in [1.165, 1.54) is 12.8 Å². The molecular weight excluding hydrogens is 164 g/mol. The van der Waals surface area contributed by atoms with Gasteiger partial charge in [-0.25, -0.2) is 0 Å². The van der Waals surface area contributed by atoms with Crippen LogP contribution in [0.3, 0.4) is 0 Å². The largest absolute Gasteiger partial charge is 0.374 e. The summed E-state index contributed by atoms with van der Waals surface area (Å²) in [5.74, 6) is 0. The summed E-state index contributed by atoms with van der Waals surface area (Å²) < 4.78 is 5.66. The van der Waals surface area contributed by atoms with Gasteiger partial charge >= 0.3 is 0 Å². The first-order valence-corrected chi connectivity index (χ1v) is 5.32. The highest BCUT2D eigenvalue weighted by molar-refractivity contribution is 4.82. The van der Waals surface area contributed by atoms with Crippen LogP contribution in [0.1, 0.15) is 26.7 Å². The molecule has 0 aliphatic carbocycles. The first kappa shape index (κ1) is 11.0. The minimum Gasteiger partial charge on any atom is -0.374 e. The Morgan fingerprint density at radius 1 is 1.31 bits per heavy atom. The van der Waals surface area contributed by atoms with Gasteiger partial charge in [-0.1, -0.05) is 6.92 Å². The first-order valence-electron chi connectivity index (χ1n) is 5.32. The van der Waals surface area contributed by atoms with Crippen LogP contribution in [0.5, 0.6) is 0 Å². The Morgan fingerprint density at radius 2 is 2.08 bits per heavy atom. The standard InChI is InChI=1S/C10H22N2O/c1-3-11-6-7-12-9-10(2)5-4-8-13-10/h11-12H,3-9H2,1-2H3. The van der Waals surface area contributed by atoms with Gasteiger partial charge in [0.25, 0.3) is 0 Å². The molecule has 0 aromatic heterocycles. The molecule has 0 aromatic carbocycles. The molecule has 1 fully saturated rings. The van der Waals surface area contributed by atoms with Gasteiger partial charge in [0.15, 0.2) is 0 Å². The molecule has 3 heteroatoms. The second-order valence-electron chi connectivity index (χ2n) is 3.93. The summed E-state index contributed by atoms with van der Waals surface area (Å²) in [6.45, 7) is 9.38. The highest BCUT2D eigenvalue weighted by atomic mass is 16.5. The van der Waals surface area contributed by atoms with Crippen LogP contribution in [0.2, 0.25) is 0 Å². The Bertz CT molecular complexity index is 133. The fraction of sp³-hybridized carbons (Fsp3) is 1.00. The van der Waals surface area contributed by atoms with Crippen molar-refractivity contribution in [2.75, 3.05) is 32.8 Å². The predicted molar refractivity (Wildman–Crippen MR) is 55.0 cm³/mol. The Balaban J connectivity index is 1.98. The van der Waals surface area contributed by atoms with Gasteiger partial charge < -0.3 is 15.4 Å². The molecule has 0 radical (unpaired) electrons. The number of rotatable bonds is 6. The summed E-state index contributed by atoms with van der Waals surface area (Å²) in [4.78, 5) is 0. The van der Waals surface area contributed by atoms with Gasteiger partial charge in [0, 0.05) is 26.2 Å². The Morgan fingerprint density at radius 3 is 2.69 bits per heavy atom. The molecule has 0 aromatic rings. The maximum atomic E-state index is 5.66. The SMILES string of the molecule is CCNCCNCC1(C)CCCO1. The molecule has 1 saturated heterocycles. The molecule has 0 amide bonds. The fourth-order valence-corrected chi connectivity index (χ4v) is 1.68. The Labute approximate surface area is 81.2 Å². The second-order valence-corrected chi connectivity index (χ2v) is 3.93. The quantitative estimate of drug-likeness (QED) is 0.601. The van der Waals surface area contributed by atoms with E-state index < -0.39 is 0 Å². The summed E-state index contributed by atoms with van der Waals surface area (Å²) in [5.41, 5.74) is 0.103. The first-order chi connectivity index (χ1) is 6.27. The van der Waals surface area contributed by atoms with E-state index in [1.54, 1.807) is 0 Å². The van der Waals surface area contributed by atoms with Crippen LogP contribution in [0, 0.1) is 0 Å². The lowest BCUT2D eigenvalue weighted by atomic mass is 10.0. The molecule has 1 rings (SSSR count). The highest BCUT2D eigenvalue weighted by Crippen LogP contribution is 2.23. The summed E-state index contributed by atoms with van der Waals surface area (Å²) in [6, 6.07) is 0. The van der Waals surface area contributed by atoms with E-state index in [2.05, 4.69) is 24.5 Å². The van der Waals surface area contributed by atoms with Crippen molar-refractivity contribution in [3.05, 3.63) is 0 Å². The van der Waals surface area contributed by atoms with Crippen LogP contribution in [0.4, 0.5) is 0 Å². The van der Waals surface area contributed by atoms with Crippen LogP contribution in [-0.4, -0.2) is 38.4 Å². The van der Waals surface area contributed by atoms with Gasteiger partial charge in [0.2, 0.25) is 0 Å². The van der Waals surface area contributed by atoms with E-state index in [9.17, 15) is 0 Å². The predicted octanol–water partition coefficient (Wildman–Crippen LogP) is 0.755. The minimum atomic E-state index is 0.103. The number of hydrogen-bond acceptors (Lipinski definition) is 3. The van der Waals surface area contributed by atoms with E-state index >= 15 is 0 Å². The van der Waals surface area contributed by atoms with Crippen molar-refractivity contribution in [3.8, 4) is 0 Å². The lowest BCUT2D eigenvalue weighted by molar-refractivity contribution is 0.0211. The zero-order chi connectivity index (χ0) is 9.57. The molecule has 1 atom stereocenters. The van der Waals surface area contributed by atoms with E-state index in [0.717, 1.165) is 32.8 Å². The number of nitrogens with one attached hydrogen (secondary N) is 2. The topological polar surface area (TPSA) is 33.3 Å². The summed E-state index contributed by atoms with van der Waals surface area (Å²) in [6.07, 6.45) is 2.41. The van der Waals surface area contributed by atoms with Crippen molar-refractivity contribution in [2.45, 2.75) is 32.3 Å². The molecule has 0 bridgehead atoms. The van der Waals surface area contributed by atoms with Crippen molar-refractivity contribution in [2.24, 2.45) is 0 Å². The number of hydrogen-bond donors (Lipinski definition) is 2. The van der Waals surface area contributed by atoms with E-state index in [0.29, 0.717) is 0 Å². The van der Waals surface area contributed by atoms with Crippen molar-refractivity contribution >= 4 is 0 Å². The molecule has 13 heavy (non-hydrogen) atoms. The maximum absolute atomic E-state index is 5.66. The van der Waals surface area contributed by atoms with Gasteiger partial charge in [0.1, 0.15) is 0 Å². The second kappa shape index (κ2) is 5.58. The van der Waals surface area contributed by atoms with Gasteiger partial charge in [0.05, 0.1) is 5.60 Å². The van der Waals surface area contributed by atoms with Crippen molar-refractivity contribution in [3.63, 3.8) is 0 Å². The third-order valence-electron chi connectivity index (χ3n) is 2.53. The van der Waals surface area contributed by atoms with Gasteiger partial charge in [-0.15, -0.1) is 0 Å². The lowest BCUT2D eigenvalue weighted by Crippen LogP contribution is -2.39. The molecule has 78 valence electrons. The molecule has 2 N–H and O–H groups in total. The molecule has 0 saturated carbocycles. The summed E-state index contributed by atoms with van der Waals surface area (Å²) in [7, 11) is 0. The van der Waals surface area contributed by atoms with Crippen LogP contribution in [0.25, 0.3) is 0 Å². The Kier molecular flexibility index (Phi) is 4.70. The monoisotopic (exact) mass is 186 g/mol. The van der Waals surface area contributed by atoms with Gasteiger partial charge in [-0.2, -0.15) is 0 Å². The van der Waals surface area contributed by atoms with E-state index in [-0.39, 0.29) is 5.60 Å². The molecule has 0 spiro atoms. The van der Waals surface area contributed by atoms with E-state index in [4.69, 9.17) is 4.74 Å². The average Bonchev–Trinajstić information content (AvgIpc) is 2.53. The third kappa shape index (κ3) is 4.07. The van der Waals surface area contributed by atoms with Gasteiger partial charge in [-0.3, -0.25) is 0 Å². The molecule has 3 nitrogen and oxygen atoms in total. The molecule has 1 heterocycles. The van der Waals surface area contributed by atoms with Crippen molar-refractivity contribution < 1.29 is 4.74 Å². The zero-order valence-electron chi connectivity index (χ0n) is 8.86. The number of likely N-dealkylation sites (N-methyl/N-ethyl adjacent to an activating group) is 1. The van der Waals surface area contributed by atoms with Crippen LogP contribution >= 0.6 is 0 Å². The lowest BCUT2D eigenvalue weighted by Gasteiger charge is -2.23.